The molecular formula is C20H21NO4. The molecule has 1 aliphatic heterocycles. The van der Waals surface area contributed by atoms with E-state index in [1.165, 1.54) is 4.90 Å². The minimum atomic E-state index is -0.755. The average Bonchev–Trinajstić information content (AvgIpc) is 3.10. The molecule has 0 saturated heterocycles. The number of aliphatic hydroxyl groups is 1. The van der Waals surface area contributed by atoms with Crippen LogP contribution in [-0.4, -0.2) is 16.8 Å². The van der Waals surface area contributed by atoms with E-state index in [1.807, 2.05) is 19.9 Å². The number of hydrogen-bond acceptors (Lipinski definition) is 4. The molecule has 0 bridgehead atoms. The third kappa shape index (κ3) is 3.09. The Labute approximate surface area is 146 Å². The van der Waals surface area contributed by atoms with E-state index >= 15 is 0 Å². The Balaban J connectivity index is 2.12. The molecule has 1 unspecified atom stereocenters. The van der Waals surface area contributed by atoms with Crippen LogP contribution in [0, 0.1) is 12.8 Å². The van der Waals surface area contributed by atoms with Crippen molar-refractivity contribution in [2.75, 3.05) is 4.90 Å². The number of carbonyl (C=O) groups is 2. The predicted molar refractivity (Wildman–Crippen MR) is 94.2 cm³/mol. The monoisotopic (exact) mass is 339 g/mol. The molecular weight excluding hydrogens is 318 g/mol. The topological polar surface area (TPSA) is 70.8 Å². The van der Waals surface area contributed by atoms with Crippen molar-refractivity contribution in [1.29, 1.82) is 0 Å². The van der Waals surface area contributed by atoms with Crippen molar-refractivity contribution in [3.8, 4) is 0 Å². The van der Waals surface area contributed by atoms with Gasteiger partial charge in [-0.3, -0.25) is 14.5 Å². The molecule has 1 aromatic heterocycles. The van der Waals surface area contributed by atoms with Crippen LogP contribution in [-0.2, 0) is 9.59 Å². The van der Waals surface area contributed by atoms with Crippen molar-refractivity contribution in [2.24, 2.45) is 5.92 Å². The molecule has 5 nitrogen and oxygen atoms in total. The lowest BCUT2D eigenvalue weighted by Gasteiger charge is -2.25. The molecule has 1 aromatic carbocycles. The first-order valence-corrected chi connectivity index (χ1v) is 8.31. The van der Waals surface area contributed by atoms with Gasteiger partial charge in [-0.05, 0) is 37.1 Å². The number of carbonyl (C=O) groups excluding carboxylic acids is 2. The van der Waals surface area contributed by atoms with Gasteiger partial charge < -0.3 is 9.52 Å². The number of rotatable bonds is 5. The molecule has 1 aliphatic rings. The fraction of sp³-hybridized carbons (Fsp3) is 0.300. The quantitative estimate of drug-likeness (QED) is 0.890. The van der Waals surface area contributed by atoms with Gasteiger partial charge in [0.1, 0.15) is 17.6 Å². The van der Waals surface area contributed by atoms with E-state index in [-0.39, 0.29) is 23.7 Å². The van der Waals surface area contributed by atoms with E-state index in [2.05, 4.69) is 0 Å². The summed E-state index contributed by atoms with van der Waals surface area (Å²) in [6.45, 7) is 5.65. The molecule has 1 amide bonds. The lowest BCUT2D eigenvalue weighted by molar-refractivity contribution is -0.118. The molecule has 2 aromatic rings. The van der Waals surface area contributed by atoms with E-state index in [0.29, 0.717) is 17.2 Å². The van der Waals surface area contributed by atoms with Gasteiger partial charge in [0.05, 0.1) is 5.57 Å². The van der Waals surface area contributed by atoms with Crippen molar-refractivity contribution in [3.63, 3.8) is 0 Å². The number of anilines is 1. The SMILES string of the molecule is Cc1ccc(C2C(C(=O)CC(C)C)=C(O)C(=O)N2c2ccccc2)o1. The first-order valence-electron chi connectivity index (χ1n) is 8.31. The third-order valence-corrected chi connectivity index (χ3v) is 4.17. The third-order valence-electron chi connectivity index (χ3n) is 4.17. The maximum absolute atomic E-state index is 12.7. The van der Waals surface area contributed by atoms with Crippen LogP contribution in [0.5, 0.6) is 0 Å². The number of furan rings is 1. The Morgan fingerprint density at radius 1 is 1.20 bits per heavy atom. The average molecular weight is 339 g/mol. The smallest absolute Gasteiger partial charge is 0.294 e. The van der Waals surface area contributed by atoms with Crippen LogP contribution >= 0.6 is 0 Å². The number of nitrogens with zero attached hydrogens (tertiary/aromatic N) is 1. The number of hydrogen-bond donors (Lipinski definition) is 1. The van der Waals surface area contributed by atoms with Crippen LogP contribution in [0.25, 0.3) is 0 Å². The van der Waals surface area contributed by atoms with Gasteiger partial charge in [0, 0.05) is 12.1 Å². The van der Waals surface area contributed by atoms with Gasteiger partial charge in [-0.2, -0.15) is 0 Å². The van der Waals surface area contributed by atoms with E-state index in [9.17, 15) is 14.7 Å². The van der Waals surface area contributed by atoms with Gasteiger partial charge in [0.15, 0.2) is 11.5 Å². The van der Waals surface area contributed by atoms with Gasteiger partial charge in [0.2, 0.25) is 0 Å². The summed E-state index contributed by atoms with van der Waals surface area (Å²) in [4.78, 5) is 26.9. The molecule has 0 saturated carbocycles. The second-order valence-electron chi connectivity index (χ2n) is 6.65. The number of aliphatic hydroxyl groups excluding tert-OH is 1. The maximum Gasteiger partial charge on any atom is 0.294 e. The highest BCUT2D eigenvalue weighted by atomic mass is 16.3. The molecule has 0 aliphatic carbocycles. The van der Waals surface area contributed by atoms with Crippen LogP contribution in [0.3, 0.4) is 0 Å². The zero-order valence-corrected chi connectivity index (χ0v) is 14.5. The van der Waals surface area contributed by atoms with Gasteiger partial charge in [0.25, 0.3) is 5.91 Å². The summed E-state index contributed by atoms with van der Waals surface area (Å²) in [5.74, 6) is -0.0553. The van der Waals surface area contributed by atoms with Gasteiger partial charge in [-0.25, -0.2) is 0 Å². The van der Waals surface area contributed by atoms with Crippen LogP contribution in [0.1, 0.15) is 37.8 Å². The van der Waals surface area contributed by atoms with Gasteiger partial charge >= 0.3 is 0 Å². The zero-order valence-electron chi connectivity index (χ0n) is 14.5. The summed E-state index contributed by atoms with van der Waals surface area (Å²) < 4.78 is 5.71. The first-order chi connectivity index (χ1) is 11.9. The second-order valence-corrected chi connectivity index (χ2v) is 6.65. The maximum atomic E-state index is 12.7. The van der Waals surface area contributed by atoms with Crippen LogP contribution in [0.15, 0.2) is 58.2 Å². The number of para-hydroxylation sites is 1. The fourth-order valence-corrected chi connectivity index (χ4v) is 3.10. The van der Waals surface area contributed by atoms with Crippen molar-refractivity contribution in [1.82, 2.24) is 0 Å². The fourth-order valence-electron chi connectivity index (χ4n) is 3.10. The van der Waals surface area contributed by atoms with Crippen LogP contribution < -0.4 is 4.90 Å². The minimum absolute atomic E-state index is 0.108. The van der Waals surface area contributed by atoms with E-state index in [1.54, 1.807) is 43.3 Å². The van der Waals surface area contributed by atoms with Crippen molar-refractivity contribution in [3.05, 3.63) is 65.3 Å². The Bertz CT molecular complexity index is 832. The summed E-state index contributed by atoms with van der Waals surface area (Å²) in [6.07, 6.45) is 0.255. The molecule has 0 spiro atoms. The lowest BCUT2D eigenvalue weighted by atomic mass is 9.95. The second kappa shape index (κ2) is 6.59. The normalized spacial score (nSPS) is 17.7. The highest BCUT2D eigenvalue weighted by Crippen LogP contribution is 2.41. The van der Waals surface area contributed by atoms with Crippen LogP contribution in [0.2, 0.25) is 0 Å². The predicted octanol–water partition coefficient (Wildman–Crippen LogP) is 4.10. The standard InChI is InChI=1S/C20H21NO4/c1-12(2)11-15(22)17-18(16-10-9-13(3)25-16)21(20(24)19(17)23)14-7-5-4-6-8-14/h4-10,12,18,23H,11H2,1-3H3. The zero-order chi connectivity index (χ0) is 18.1. The number of ketones is 1. The largest absolute Gasteiger partial charge is 0.503 e. The molecule has 1 atom stereocenters. The minimum Gasteiger partial charge on any atom is -0.503 e. The summed E-state index contributed by atoms with van der Waals surface area (Å²) in [6, 6.07) is 11.8. The summed E-state index contributed by atoms with van der Waals surface area (Å²) in [5.41, 5.74) is 0.711. The summed E-state index contributed by atoms with van der Waals surface area (Å²) in [5, 5.41) is 10.4. The van der Waals surface area contributed by atoms with Crippen LogP contribution in [0.4, 0.5) is 5.69 Å². The Hall–Kier alpha value is -2.82. The molecule has 0 fully saturated rings. The highest BCUT2D eigenvalue weighted by Gasteiger charge is 2.45. The number of benzene rings is 1. The first kappa shape index (κ1) is 17.0. The van der Waals surface area contributed by atoms with E-state index in [0.717, 1.165) is 0 Å². The van der Waals surface area contributed by atoms with E-state index in [4.69, 9.17) is 4.42 Å². The Kier molecular flexibility index (Phi) is 4.49. The molecule has 25 heavy (non-hydrogen) atoms. The van der Waals surface area contributed by atoms with E-state index < -0.39 is 17.7 Å². The summed E-state index contributed by atoms with van der Waals surface area (Å²) >= 11 is 0. The molecule has 5 heteroatoms. The van der Waals surface area contributed by atoms with Gasteiger partial charge in [-0.15, -0.1) is 0 Å². The van der Waals surface area contributed by atoms with Crippen molar-refractivity contribution < 1.29 is 19.1 Å². The number of amides is 1. The molecule has 1 N–H and O–H groups in total. The number of Topliss-reactive ketones (excluding diaryl/α,β-unsaturated/α-hetero) is 1. The lowest BCUT2D eigenvalue weighted by Crippen LogP contribution is -2.30. The molecule has 0 radical (unpaired) electrons. The molecule has 130 valence electrons. The number of aryl methyl sites for hydroxylation is 1. The molecule has 3 rings (SSSR count). The highest BCUT2D eigenvalue weighted by molar-refractivity contribution is 6.16. The Morgan fingerprint density at radius 2 is 1.88 bits per heavy atom. The Morgan fingerprint density at radius 3 is 2.44 bits per heavy atom. The van der Waals surface area contributed by atoms with Gasteiger partial charge in [-0.1, -0.05) is 32.0 Å². The summed E-state index contributed by atoms with van der Waals surface area (Å²) in [7, 11) is 0. The van der Waals surface area contributed by atoms with Crippen molar-refractivity contribution >= 4 is 17.4 Å². The molecule has 2 heterocycles. The van der Waals surface area contributed by atoms with Crippen molar-refractivity contribution in [2.45, 2.75) is 33.2 Å².